The van der Waals surface area contributed by atoms with Crippen LogP contribution in [0.2, 0.25) is 0 Å². The lowest BCUT2D eigenvalue weighted by Crippen LogP contribution is -2.25. The molecule has 3 heterocycles. The first kappa shape index (κ1) is 33.1. The molecule has 0 spiro atoms. The molecule has 270 valence electrons. The van der Waals surface area contributed by atoms with Gasteiger partial charge in [-0.1, -0.05) is 90.0 Å². The zero-order valence-electron chi connectivity index (χ0n) is 32.3. The highest BCUT2D eigenvalue weighted by atomic mass is 15.4. The summed E-state index contributed by atoms with van der Waals surface area (Å²) in [6, 6.07) is 51.5. The Morgan fingerprint density at radius 3 is 1.64 bits per heavy atom. The van der Waals surface area contributed by atoms with Crippen molar-refractivity contribution in [2.45, 2.75) is 41.5 Å². The van der Waals surface area contributed by atoms with Crippen molar-refractivity contribution in [1.82, 2.24) is 4.57 Å². The summed E-state index contributed by atoms with van der Waals surface area (Å²) >= 11 is 0. The largest absolute Gasteiger partial charge is 0.473 e. The minimum absolute atomic E-state index is 0.742. The molecule has 0 fully saturated rings. The van der Waals surface area contributed by atoms with E-state index < -0.39 is 0 Å². The number of hydrogen-bond acceptors (Lipinski definition) is 4. The normalized spacial score (nSPS) is 13.7. The summed E-state index contributed by atoms with van der Waals surface area (Å²) in [5.41, 5.74) is 20.9. The molecule has 0 N–H and O–H groups in total. The molecule has 0 radical (unpaired) electrons. The summed E-state index contributed by atoms with van der Waals surface area (Å²) < 4.78 is 2.44. The van der Waals surface area contributed by atoms with Gasteiger partial charge in [0.1, 0.15) is 6.67 Å². The van der Waals surface area contributed by atoms with Gasteiger partial charge in [-0.25, -0.2) is 0 Å². The summed E-state index contributed by atoms with van der Waals surface area (Å²) in [6.45, 7) is 16.3. The smallest absolute Gasteiger partial charge is 0.100 e. The van der Waals surface area contributed by atoms with Crippen LogP contribution in [-0.2, 0) is 0 Å². The summed E-state index contributed by atoms with van der Waals surface area (Å²) in [7, 11) is 0. The van der Waals surface area contributed by atoms with Crippen LogP contribution in [0.15, 0.2) is 140 Å². The Kier molecular flexibility index (Phi) is 7.57. The minimum atomic E-state index is 0.742. The zero-order chi connectivity index (χ0) is 37.5. The maximum atomic E-state index is 2.48. The number of fused-ring (bicyclic) bond motifs is 5. The van der Waals surface area contributed by atoms with Gasteiger partial charge < -0.3 is 24.2 Å². The standard InChI is InChI=1S/C50H44N5/c1-32-24-34(3)49(35(4)25-32)53-30-51(44-18-9-11-20-46(44)53)38-14-13-15-40(28-38)55-43-17-8-7-16-41(43)42-23-22-39(29-48(42)55)52-31-54(47-21-12-10-19-45(47)52)50-36(5)26-33(2)27-37(50)6/h7-29,31H,30H2,1-6H3/q-1. The Morgan fingerprint density at radius 1 is 0.400 bits per heavy atom. The van der Waals surface area contributed by atoms with Gasteiger partial charge in [0.05, 0.1) is 22.4 Å². The van der Waals surface area contributed by atoms with Gasteiger partial charge in [0.15, 0.2) is 0 Å². The van der Waals surface area contributed by atoms with E-state index in [1.54, 1.807) is 0 Å². The van der Waals surface area contributed by atoms with Gasteiger partial charge >= 0.3 is 0 Å². The van der Waals surface area contributed by atoms with Gasteiger partial charge in [0.25, 0.3) is 0 Å². The van der Waals surface area contributed by atoms with Gasteiger partial charge in [-0.3, -0.25) is 0 Å². The van der Waals surface area contributed by atoms with Gasteiger partial charge in [-0.15, -0.1) is 6.67 Å². The van der Waals surface area contributed by atoms with E-state index in [9.17, 15) is 0 Å². The van der Waals surface area contributed by atoms with Crippen molar-refractivity contribution < 1.29 is 0 Å². The predicted molar refractivity (Wildman–Crippen MR) is 233 cm³/mol. The van der Waals surface area contributed by atoms with E-state index in [1.165, 1.54) is 95.0 Å². The Balaban J connectivity index is 1.09. The van der Waals surface area contributed by atoms with Crippen LogP contribution >= 0.6 is 0 Å². The molecule has 5 nitrogen and oxygen atoms in total. The number of para-hydroxylation sites is 5. The molecule has 0 atom stereocenters. The number of anilines is 8. The molecule has 0 saturated heterocycles. The maximum Gasteiger partial charge on any atom is 0.100 e. The molecule has 2 aliphatic heterocycles. The van der Waals surface area contributed by atoms with Gasteiger partial charge in [-0.05, 0) is 124 Å². The third-order valence-electron chi connectivity index (χ3n) is 11.5. The van der Waals surface area contributed by atoms with E-state index in [1.807, 2.05) is 0 Å². The van der Waals surface area contributed by atoms with Crippen LogP contribution in [0.4, 0.5) is 45.5 Å². The molecular weight excluding hydrogens is 671 g/mol. The first-order valence-corrected chi connectivity index (χ1v) is 19.2. The summed E-state index contributed by atoms with van der Waals surface area (Å²) in [5, 5.41) is 2.48. The molecule has 0 aliphatic carbocycles. The van der Waals surface area contributed by atoms with Crippen LogP contribution in [-0.4, -0.2) is 11.2 Å². The molecular formula is C50H44N5-. The van der Waals surface area contributed by atoms with Crippen molar-refractivity contribution >= 4 is 67.3 Å². The molecule has 0 amide bonds. The topological polar surface area (TPSA) is 17.9 Å². The maximum absolute atomic E-state index is 2.48. The summed E-state index contributed by atoms with van der Waals surface area (Å²) in [6.07, 6.45) is 0. The second-order valence-corrected chi connectivity index (χ2v) is 15.4. The van der Waals surface area contributed by atoms with Crippen molar-refractivity contribution in [3.63, 3.8) is 0 Å². The molecule has 0 saturated carbocycles. The highest BCUT2D eigenvalue weighted by Crippen LogP contribution is 2.50. The number of nitrogens with zero attached hydrogens (tertiary/aromatic N) is 5. The number of rotatable bonds is 5. The fraction of sp³-hybridized carbons (Fsp3) is 0.140. The molecule has 55 heavy (non-hydrogen) atoms. The third kappa shape index (κ3) is 5.21. The Morgan fingerprint density at radius 2 is 0.945 bits per heavy atom. The number of aryl methyl sites for hydroxylation is 6. The van der Waals surface area contributed by atoms with Gasteiger partial charge in [0.2, 0.25) is 0 Å². The van der Waals surface area contributed by atoms with Crippen LogP contribution < -0.4 is 19.6 Å². The second kappa shape index (κ2) is 12.6. The molecule has 2 aliphatic rings. The van der Waals surface area contributed by atoms with Crippen LogP contribution in [0.1, 0.15) is 33.4 Å². The second-order valence-electron chi connectivity index (χ2n) is 15.4. The molecule has 1 aromatic heterocycles. The first-order chi connectivity index (χ1) is 26.7. The molecule has 5 heteroatoms. The highest BCUT2D eigenvalue weighted by Gasteiger charge is 2.30. The van der Waals surface area contributed by atoms with E-state index in [4.69, 9.17) is 0 Å². The summed E-state index contributed by atoms with van der Waals surface area (Å²) in [4.78, 5) is 9.64. The van der Waals surface area contributed by atoms with Crippen molar-refractivity contribution in [2.75, 3.05) is 26.3 Å². The number of aromatic nitrogens is 1. The first-order valence-electron chi connectivity index (χ1n) is 19.2. The Bertz CT molecular complexity index is 2780. The average molecular weight is 715 g/mol. The average Bonchev–Trinajstić information content (AvgIpc) is 3.84. The van der Waals surface area contributed by atoms with Crippen molar-refractivity contribution in [3.05, 3.63) is 180 Å². The van der Waals surface area contributed by atoms with E-state index in [0.29, 0.717) is 0 Å². The monoisotopic (exact) mass is 714 g/mol. The van der Waals surface area contributed by atoms with Crippen molar-refractivity contribution in [1.29, 1.82) is 0 Å². The SMILES string of the molecule is Cc1cc(C)c(N2[CH-]N(c3ccc4c5ccccc5n(-c5cccc(N6CN(c7c(C)cc(C)cc7C)c7ccccc76)c5)c4c3)c3ccccc32)c(C)c1. The predicted octanol–water partition coefficient (Wildman–Crippen LogP) is 13.3. The molecule has 10 rings (SSSR count). The number of benzene rings is 7. The fourth-order valence-corrected chi connectivity index (χ4v) is 9.46. The highest BCUT2D eigenvalue weighted by molar-refractivity contribution is 6.10. The van der Waals surface area contributed by atoms with E-state index in [0.717, 1.165) is 18.0 Å². The van der Waals surface area contributed by atoms with Crippen LogP contribution in [0, 0.1) is 48.2 Å². The van der Waals surface area contributed by atoms with Crippen LogP contribution in [0.25, 0.3) is 27.5 Å². The van der Waals surface area contributed by atoms with Crippen LogP contribution in [0.3, 0.4) is 0 Å². The molecule has 0 unspecified atom stereocenters. The molecule has 7 aromatic carbocycles. The van der Waals surface area contributed by atoms with Crippen molar-refractivity contribution in [3.8, 4) is 5.69 Å². The van der Waals surface area contributed by atoms with Crippen molar-refractivity contribution in [2.24, 2.45) is 0 Å². The summed E-state index contributed by atoms with van der Waals surface area (Å²) in [5.74, 6) is 0. The minimum Gasteiger partial charge on any atom is -0.473 e. The Labute approximate surface area is 323 Å². The van der Waals surface area contributed by atoms with Crippen LogP contribution in [0.5, 0.6) is 0 Å². The lowest BCUT2D eigenvalue weighted by Gasteiger charge is -2.36. The lowest BCUT2D eigenvalue weighted by atomic mass is 10.0. The van der Waals surface area contributed by atoms with Gasteiger partial charge in [0, 0.05) is 50.6 Å². The lowest BCUT2D eigenvalue weighted by molar-refractivity contribution is 0.977. The van der Waals surface area contributed by atoms with Gasteiger partial charge in [-0.2, -0.15) is 0 Å². The molecule has 0 bridgehead atoms. The third-order valence-corrected chi connectivity index (χ3v) is 11.5. The van der Waals surface area contributed by atoms with E-state index in [-0.39, 0.29) is 0 Å². The zero-order valence-corrected chi connectivity index (χ0v) is 32.3. The van der Waals surface area contributed by atoms with E-state index in [2.05, 4.69) is 212 Å². The molecule has 8 aromatic rings. The Hall–Kier alpha value is -6.46. The quantitative estimate of drug-likeness (QED) is 0.165. The fourth-order valence-electron chi connectivity index (χ4n) is 9.46. The van der Waals surface area contributed by atoms with E-state index >= 15 is 0 Å². The number of hydrogen-bond donors (Lipinski definition) is 0.